The molecule has 156 valence electrons. The molecule has 1 fully saturated rings. The van der Waals surface area contributed by atoms with Gasteiger partial charge in [0.25, 0.3) is 5.56 Å². The summed E-state index contributed by atoms with van der Waals surface area (Å²) in [6, 6.07) is 0.911. The molecule has 1 aliphatic rings. The van der Waals surface area contributed by atoms with E-state index >= 15 is 0 Å². The van der Waals surface area contributed by atoms with Gasteiger partial charge < -0.3 is 25.7 Å². The topological polar surface area (TPSA) is 125 Å². The van der Waals surface area contributed by atoms with Crippen molar-refractivity contribution in [2.75, 3.05) is 13.2 Å². The average Bonchev–Trinajstić information content (AvgIpc) is 2.69. The van der Waals surface area contributed by atoms with Crippen LogP contribution in [0.4, 0.5) is 4.79 Å². The molecule has 1 heterocycles. The zero-order valence-electron chi connectivity index (χ0n) is 16.6. The number of ether oxygens (including phenoxy) is 1. The summed E-state index contributed by atoms with van der Waals surface area (Å²) in [6.45, 7) is 5.46. The van der Waals surface area contributed by atoms with E-state index in [0.717, 1.165) is 12.8 Å². The van der Waals surface area contributed by atoms with Crippen molar-refractivity contribution >= 4 is 11.9 Å². The third-order valence-corrected chi connectivity index (χ3v) is 4.72. The molecule has 3 atom stereocenters. The number of aromatic amines is 1. The van der Waals surface area contributed by atoms with Crippen molar-refractivity contribution in [2.24, 2.45) is 5.92 Å². The fourth-order valence-electron chi connectivity index (χ4n) is 3.29. The number of carbonyl (C=O) groups excluding carboxylic acids is 2. The lowest BCUT2D eigenvalue weighted by atomic mass is 9.83. The highest BCUT2D eigenvalue weighted by molar-refractivity contribution is 5.79. The zero-order valence-corrected chi connectivity index (χ0v) is 16.6. The minimum absolute atomic E-state index is 0.0919. The van der Waals surface area contributed by atoms with Crippen LogP contribution in [0.15, 0.2) is 17.2 Å². The van der Waals surface area contributed by atoms with Crippen LogP contribution >= 0.6 is 0 Å². The molecule has 4 N–H and O–H groups in total. The number of hydrogen-bond donors (Lipinski definition) is 4. The molecule has 0 aromatic carbocycles. The Kier molecular flexibility index (Phi) is 8.93. The van der Waals surface area contributed by atoms with Crippen LogP contribution in [0.5, 0.6) is 0 Å². The van der Waals surface area contributed by atoms with Gasteiger partial charge in [-0.15, -0.1) is 0 Å². The molecule has 9 heteroatoms. The predicted octanol–water partition coefficient (Wildman–Crippen LogP) is 1.06. The van der Waals surface area contributed by atoms with E-state index in [1.807, 2.05) is 13.8 Å². The van der Waals surface area contributed by atoms with Crippen molar-refractivity contribution in [3.8, 4) is 0 Å². The van der Waals surface area contributed by atoms with E-state index in [1.165, 1.54) is 12.4 Å². The molecule has 9 nitrogen and oxygen atoms in total. The summed E-state index contributed by atoms with van der Waals surface area (Å²) in [7, 11) is 0. The molecule has 1 aromatic rings. The van der Waals surface area contributed by atoms with Gasteiger partial charge in [0.05, 0.1) is 30.7 Å². The Morgan fingerprint density at radius 3 is 2.79 bits per heavy atom. The summed E-state index contributed by atoms with van der Waals surface area (Å²) in [4.78, 5) is 42.5. The van der Waals surface area contributed by atoms with Gasteiger partial charge in [0.15, 0.2) is 0 Å². The molecule has 28 heavy (non-hydrogen) atoms. The van der Waals surface area contributed by atoms with Gasteiger partial charge in [-0.3, -0.25) is 9.59 Å². The van der Waals surface area contributed by atoms with Crippen molar-refractivity contribution in [3.63, 3.8) is 0 Å². The summed E-state index contributed by atoms with van der Waals surface area (Å²) in [6.07, 6.45) is 4.90. The molecule has 2 rings (SSSR count). The lowest BCUT2D eigenvalue weighted by Crippen LogP contribution is -2.53. The Labute approximate surface area is 165 Å². The number of hydrogen-bond acceptors (Lipinski definition) is 5. The first-order chi connectivity index (χ1) is 13.5. The lowest BCUT2D eigenvalue weighted by Gasteiger charge is -2.35. The van der Waals surface area contributed by atoms with E-state index in [0.29, 0.717) is 38.1 Å². The summed E-state index contributed by atoms with van der Waals surface area (Å²) < 4.78 is 5.90. The van der Waals surface area contributed by atoms with Gasteiger partial charge in [0, 0.05) is 25.1 Å². The summed E-state index contributed by atoms with van der Waals surface area (Å²) in [5.74, 6) is -0.322. The minimum atomic E-state index is -0.254. The van der Waals surface area contributed by atoms with Gasteiger partial charge in [-0.1, -0.05) is 13.8 Å². The van der Waals surface area contributed by atoms with Gasteiger partial charge in [-0.05, 0) is 32.1 Å². The van der Waals surface area contributed by atoms with Crippen molar-refractivity contribution in [3.05, 3.63) is 28.4 Å². The normalized spacial score (nSPS) is 21.7. The maximum atomic E-state index is 12.6. The van der Waals surface area contributed by atoms with Gasteiger partial charge in [-0.2, -0.15) is 0 Å². The Morgan fingerprint density at radius 1 is 1.25 bits per heavy atom. The van der Waals surface area contributed by atoms with Gasteiger partial charge in [-0.25, -0.2) is 9.78 Å². The van der Waals surface area contributed by atoms with Crippen LogP contribution in [0.3, 0.4) is 0 Å². The second-order valence-corrected chi connectivity index (χ2v) is 7.05. The first kappa shape index (κ1) is 21.9. The third kappa shape index (κ3) is 6.95. The van der Waals surface area contributed by atoms with Crippen molar-refractivity contribution in [1.82, 2.24) is 25.9 Å². The van der Waals surface area contributed by atoms with Gasteiger partial charge >= 0.3 is 6.03 Å². The molecule has 1 aliphatic carbocycles. The molecule has 0 saturated heterocycles. The maximum absolute atomic E-state index is 12.6. The van der Waals surface area contributed by atoms with E-state index in [9.17, 15) is 14.4 Å². The van der Waals surface area contributed by atoms with Gasteiger partial charge in [0.2, 0.25) is 5.91 Å². The highest BCUT2D eigenvalue weighted by atomic mass is 16.5. The molecular formula is C19H31N5O4. The van der Waals surface area contributed by atoms with Crippen LogP contribution in [-0.4, -0.2) is 47.2 Å². The standard InChI is InChI=1S/C19H31N5O4/c1-3-7-20-19(27)24-15-9-13(5-6-16(15)28-8-4-2)18(26)21-11-14-10-17(25)23-12-22-14/h10,12-13,15-16H,3-9,11H2,1-2H3,(H,21,26)(H2,20,24,27)(H,22,23,25)/t13-,15+,16+/m0/s1. The number of aromatic nitrogens is 2. The summed E-state index contributed by atoms with van der Waals surface area (Å²) >= 11 is 0. The van der Waals surface area contributed by atoms with Crippen LogP contribution < -0.4 is 21.5 Å². The van der Waals surface area contributed by atoms with E-state index in [4.69, 9.17) is 4.74 Å². The van der Waals surface area contributed by atoms with Crippen LogP contribution in [0.25, 0.3) is 0 Å². The number of nitrogens with zero attached hydrogens (tertiary/aromatic N) is 1. The van der Waals surface area contributed by atoms with Crippen LogP contribution in [0, 0.1) is 5.92 Å². The predicted molar refractivity (Wildman–Crippen MR) is 105 cm³/mol. The van der Waals surface area contributed by atoms with Crippen molar-refractivity contribution in [1.29, 1.82) is 0 Å². The highest BCUT2D eigenvalue weighted by Crippen LogP contribution is 2.27. The first-order valence-corrected chi connectivity index (χ1v) is 10.0. The number of carbonyl (C=O) groups is 2. The molecule has 0 bridgehead atoms. The van der Waals surface area contributed by atoms with Crippen LogP contribution in [0.1, 0.15) is 51.6 Å². The van der Waals surface area contributed by atoms with Crippen molar-refractivity contribution < 1.29 is 14.3 Å². The fourth-order valence-corrected chi connectivity index (χ4v) is 3.29. The molecule has 1 saturated carbocycles. The number of rotatable bonds is 9. The summed E-state index contributed by atoms with van der Waals surface area (Å²) in [5.41, 5.74) is 0.251. The molecule has 0 aliphatic heterocycles. The fraction of sp³-hybridized carbons (Fsp3) is 0.684. The van der Waals surface area contributed by atoms with Gasteiger partial charge in [0.1, 0.15) is 0 Å². The second-order valence-electron chi connectivity index (χ2n) is 7.05. The highest BCUT2D eigenvalue weighted by Gasteiger charge is 2.35. The molecule has 0 spiro atoms. The Morgan fingerprint density at radius 2 is 2.07 bits per heavy atom. The molecule has 1 aromatic heterocycles. The van der Waals surface area contributed by atoms with Crippen molar-refractivity contribution in [2.45, 2.75) is 64.6 Å². The first-order valence-electron chi connectivity index (χ1n) is 10.0. The van der Waals surface area contributed by atoms with Crippen LogP contribution in [0.2, 0.25) is 0 Å². The molecule has 3 amide bonds. The van der Waals surface area contributed by atoms with Crippen LogP contribution in [-0.2, 0) is 16.1 Å². The minimum Gasteiger partial charge on any atom is -0.376 e. The Bertz CT molecular complexity index is 693. The van der Waals surface area contributed by atoms with E-state index < -0.39 is 0 Å². The smallest absolute Gasteiger partial charge is 0.315 e. The molecular weight excluding hydrogens is 362 g/mol. The molecule has 0 radical (unpaired) electrons. The summed E-state index contributed by atoms with van der Waals surface area (Å²) in [5, 5.41) is 8.61. The number of amides is 3. The average molecular weight is 393 g/mol. The number of urea groups is 1. The second kappa shape index (κ2) is 11.4. The van der Waals surface area contributed by atoms with E-state index in [1.54, 1.807) is 0 Å². The zero-order chi connectivity index (χ0) is 20.4. The SMILES string of the molecule is CCCNC(=O)N[C@@H]1C[C@@H](C(=O)NCc2cc(=O)[nH]cn2)CC[C@H]1OCCC. The van der Waals surface area contributed by atoms with E-state index in [-0.39, 0.29) is 42.1 Å². The van der Waals surface area contributed by atoms with E-state index in [2.05, 4.69) is 25.9 Å². The number of H-pyrrole nitrogens is 1. The third-order valence-electron chi connectivity index (χ3n) is 4.72. The number of nitrogens with one attached hydrogen (secondary N) is 4. The lowest BCUT2D eigenvalue weighted by molar-refractivity contribution is -0.127. The Hall–Kier alpha value is -2.42. The largest absolute Gasteiger partial charge is 0.376 e. The quantitative estimate of drug-likeness (QED) is 0.499. The molecule has 0 unspecified atom stereocenters. The monoisotopic (exact) mass is 393 g/mol. The Balaban J connectivity index is 1.92. The maximum Gasteiger partial charge on any atom is 0.315 e.